The summed E-state index contributed by atoms with van der Waals surface area (Å²) < 4.78 is 7.11. The van der Waals surface area contributed by atoms with Crippen LogP contribution >= 0.6 is 0 Å². The minimum atomic E-state index is -0.870. The standard InChI is InChI=1S/C21H27NO4.BrH/c1-22(11-12-2-3-12)9-8-20-17-13-4-5-14(23)18(17)26-19(20)15(24)6-7-21(20,25)16(22)10-13;/h4-5,12,15-16,19,24-25H,2-3,6-11H2,1H3;1H/t15-,16-,19+,20+,21-,22?;/m1./s1. The van der Waals surface area contributed by atoms with Gasteiger partial charge in [-0.1, -0.05) is 6.07 Å². The first kappa shape index (κ1) is 18.2. The topological polar surface area (TPSA) is 69.9 Å². The molecule has 148 valence electrons. The van der Waals surface area contributed by atoms with Crippen molar-refractivity contribution in [3.8, 4) is 11.5 Å². The fourth-order valence-electron chi connectivity index (χ4n) is 7.13. The molecule has 27 heavy (non-hydrogen) atoms. The molecule has 1 spiro atoms. The quantitative estimate of drug-likeness (QED) is 0.490. The minimum Gasteiger partial charge on any atom is -1.00 e. The first-order valence-electron chi connectivity index (χ1n) is 10.2. The summed E-state index contributed by atoms with van der Waals surface area (Å²) in [6.45, 7) is 2.15. The zero-order chi connectivity index (χ0) is 17.9. The van der Waals surface area contributed by atoms with Crippen LogP contribution in [-0.4, -0.2) is 63.8 Å². The molecule has 6 rings (SSSR count). The second kappa shape index (κ2) is 5.41. The number of piperidine rings is 1. The summed E-state index contributed by atoms with van der Waals surface area (Å²) in [5.41, 5.74) is 0.755. The third kappa shape index (κ3) is 2.00. The smallest absolute Gasteiger partial charge is 0.165 e. The lowest BCUT2D eigenvalue weighted by Crippen LogP contribution is -3.00. The maximum atomic E-state index is 12.2. The van der Waals surface area contributed by atoms with E-state index in [-0.39, 0.29) is 28.8 Å². The van der Waals surface area contributed by atoms with Crippen LogP contribution in [0.3, 0.4) is 0 Å². The van der Waals surface area contributed by atoms with E-state index in [9.17, 15) is 15.3 Å². The number of nitrogens with zero attached hydrogens (tertiary/aromatic N) is 1. The fraction of sp³-hybridized carbons (Fsp3) is 0.714. The van der Waals surface area contributed by atoms with Gasteiger partial charge in [-0.05, 0) is 37.3 Å². The van der Waals surface area contributed by atoms with Crippen molar-refractivity contribution in [1.29, 1.82) is 0 Å². The van der Waals surface area contributed by atoms with Crippen LogP contribution in [0.4, 0.5) is 0 Å². The molecule has 0 amide bonds. The van der Waals surface area contributed by atoms with Crippen molar-refractivity contribution in [3.05, 3.63) is 23.3 Å². The highest BCUT2D eigenvalue weighted by molar-refractivity contribution is 5.62. The lowest BCUT2D eigenvalue weighted by Gasteiger charge is -2.65. The zero-order valence-corrected chi connectivity index (χ0v) is 17.3. The number of rotatable bonds is 2. The Morgan fingerprint density at radius 3 is 2.74 bits per heavy atom. The van der Waals surface area contributed by atoms with Gasteiger partial charge in [0.2, 0.25) is 0 Å². The van der Waals surface area contributed by atoms with E-state index >= 15 is 0 Å². The highest BCUT2D eigenvalue weighted by Gasteiger charge is 2.76. The van der Waals surface area contributed by atoms with E-state index in [1.807, 2.05) is 6.07 Å². The molecular formula is C21H28BrNO4. The Morgan fingerprint density at radius 2 is 2.00 bits per heavy atom. The van der Waals surface area contributed by atoms with Crippen LogP contribution in [0.25, 0.3) is 0 Å². The first-order chi connectivity index (χ1) is 12.4. The number of aliphatic hydroxyl groups is 2. The maximum Gasteiger partial charge on any atom is 0.165 e. The van der Waals surface area contributed by atoms with Gasteiger partial charge in [-0.25, -0.2) is 0 Å². The predicted octanol–water partition coefficient (Wildman–Crippen LogP) is -1.53. The van der Waals surface area contributed by atoms with Crippen molar-refractivity contribution in [2.45, 2.75) is 67.8 Å². The fourth-order valence-corrected chi connectivity index (χ4v) is 7.13. The van der Waals surface area contributed by atoms with Gasteiger partial charge in [0, 0.05) is 24.3 Å². The van der Waals surface area contributed by atoms with Crippen LogP contribution < -0.4 is 21.7 Å². The van der Waals surface area contributed by atoms with Gasteiger partial charge < -0.3 is 41.5 Å². The van der Waals surface area contributed by atoms with Crippen LogP contribution in [0.5, 0.6) is 11.5 Å². The van der Waals surface area contributed by atoms with E-state index in [0.717, 1.165) is 41.9 Å². The van der Waals surface area contributed by atoms with Crippen LogP contribution in [-0.2, 0) is 11.8 Å². The summed E-state index contributed by atoms with van der Waals surface area (Å²) in [7, 11) is 2.33. The highest BCUT2D eigenvalue weighted by atomic mass is 79.9. The normalized spacial score (nSPS) is 46.3. The second-order valence-corrected chi connectivity index (χ2v) is 9.79. The lowest BCUT2D eigenvalue weighted by molar-refractivity contribution is -0.950. The maximum absolute atomic E-state index is 12.2. The Balaban J connectivity index is 0.00000160. The molecule has 5 nitrogen and oxygen atoms in total. The average Bonchev–Trinajstić information content (AvgIpc) is 3.32. The number of hydrogen-bond donors (Lipinski definition) is 3. The summed E-state index contributed by atoms with van der Waals surface area (Å²) in [6.07, 6.45) is 4.44. The van der Waals surface area contributed by atoms with Crippen molar-refractivity contribution in [1.82, 2.24) is 0 Å². The minimum absolute atomic E-state index is 0. The number of aromatic hydroxyl groups is 1. The predicted molar refractivity (Wildman–Crippen MR) is 95.1 cm³/mol. The molecule has 5 aliphatic rings. The van der Waals surface area contributed by atoms with E-state index in [4.69, 9.17) is 4.74 Å². The molecule has 1 aromatic rings. The summed E-state index contributed by atoms with van der Waals surface area (Å²) in [4.78, 5) is 0. The van der Waals surface area contributed by atoms with Crippen LogP contribution in [0.2, 0.25) is 0 Å². The van der Waals surface area contributed by atoms with Crippen molar-refractivity contribution in [3.63, 3.8) is 0 Å². The molecule has 3 aliphatic carbocycles. The molecule has 3 N–H and O–H groups in total. The molecule has 2 bridgehead atoms. The van der Waals surface area contributed by atoms with Crippen molar-refractivity contribution >= 4 is 0 Å². The highest BCUT2D eigenvalue weighted by Crippen LogP contribution is 2.66. The number of aliphatic hydroxyl groups excluding tert-OH is 1. The van der Waals surface area contributed by atoms with Gasteiger partial charge in [0.1, 0.15) is 17.7 Å². The molecule has 0 radical (unpaired) electrons. The molecule has 1 saturated heterocycles. The van der Waals surface area contributed by atoms with E-state index in [0.29, 0.717) is 18.6 Å². The van der Waals surface area contributed by atoms with Gasteiger partial charge in [-0.15, -0.1) is 0 Å². The van der Waals surface area contributed by atoms with Crippen molar-refractivity contribution in [2.24, 2.45) is 5.92 Å². The van der Waals surface area contributed by atoms with Crippen LogP contribution in [0, 0.1) is 5.92 Å². The van der Waals surface area contributed by atoms with Crippen LogP contribution in [0.1, 0.15) is 43.2 Å². The lowest BCUT2D eigenvalue weighted by atomic mass is 9.48. The second-order valence-electron chi connectivity index (χ2n) is 9.79. The zero-order valence-electron chi connectivity index (χ0n) is 15.7. The number of phenols is 1. The van der Waals surface area contributed by atoms with Gasteiger partial charge in [-0.3, -0.25) is 0 Å². The molecular weight excluding hydrogens is 410 g/mol. The van der Waals surface area contributed by atoms with E-state index in [2.05, 4.69) is 7.05 Å². The number of benzene rings is 1. The summed E-state index contributed by atoms with van der Waals surface area (Å²) in [5.74, 6) is 1.46. The number of halogens is 1. The molecule has 6 atom stereocenters. The Kier molecular flexibility index (Phi) is 3.65. The summed E-state index contributed by atoms with van der Waals surface area (Å²) >= 11 is 0. The van der Waals surface area contributed by atoms with Crippen molar-refractivity contribution in [2.75, 3.05) is 20.1 Å². The van der Waals surface area contributed by atoms with Crippen molar-refractivity contribution < 1.29 is 41.5 Å². The van der Waals surface area contributed by atoms with Gasteiger partial charge in [-0.2, -0.15) is 0 Å². The Hall–Kier alpha value is -0.820. The molecule has 6 heteroatoms. The monoisotopic (exact) mass is 437 g/mol. The Bertz CT molecular complexity index is 814. The van der Waals surface area contributed by atoms with Crippen LogP contribution in [0.15, 0.2) is 12.1 Å². The molecule has 3 fully saturated rings. The third-order valence-corrected chi connectivity index (χ3v) is 8.45. The molecule has 2 saturated carbocycles. The number of likely N-dealkylation sites (tertiary alicyclic amines) is 1. The first-order valence-corrected chi connectivity index (χ1v) is 10.2. The van der Waals surface area contributed by atoms with Gasteiger partial charge in [0.15, 0.2) is 11.5 Å². The molecule has 1 aromatic carbocycles. The van der Waals surface area contributed by atoms with E-state index < -0.39 is 23.2 Å². The molecule has 0 aromatic heterocycles. The summed E-state index contributed by atoms with van der Waals surface area (Å²) in [5, 5.41) is 33.4. The Morgan fingerprint density at radius 1 is 1.22 bits per heavy atom. The van der Waals surface area contributed by atoms with Gasteiger partial charge in [0.25, 0.3) is 0 Å². The molecule has 1 unspecified atom stereocenters. The molecule has 2 aliphatic heterocycles. The average molecular weight is 438 g/mol. The number of ether oxygens (including phenoxy) is 1. The number of phenolic OH excluding ortho intramolecular Hbond substituents is 1. The number of hydrogen-bond acceptors (Lipinski definition) is 4. The third-order valence-electron chi connectivity index (χ3n) is 8.45. The molecule has 2 heterocycles. The number of quaternary nitrogens is 1. The Labute approximate surface area is 170 Å². The largest absolute Gasteiger partial charge is 1.00 e. The van der Waals surface area contributed by atoms with E-state index in [1.54, 1.807) is 6.07 Å². The van der Waals surface area contributed by atoms with E-state index in [1.165, 1.54) is 18.4 Å². The number of likely N-dealkylation sites (N-methyl/N-ethyl adjacent to an activating group) is 1. The summed E-state index contributed by atoms with van der Waals surface area (Å²) in [6, 6.07) is 3.88. The van der Waals surface area contributed by atoms with Gasteiger partial charge >= 0.3 is 0 Å². The SMILES string of the molecule is C[N+]1(CC2CC2)CC[C@]23c4c5ccc(O)c4O[C@H]2[C@H](O)CC[C@@]3(O)[C@H]1C5.[Br-]. The van der Waals surface area contributed by atoms with Gasteiger partial charge in [0.05, 0.1) is 31.7 Å².